The van der Waals surface area contributed by atoms with E-state index in [1.165, 1.54) is 10.9 Å². The Kier molecular flexibility index (Phi) is 6.10. The maximum Gasteiger partial charge on any atom is 0.404 e. The Balaban J connectivity index is 1.93. The van der Waals surface area contributed by atoms with Crippen LogP contribution in [0.2, 0.25) is 0 Å². The van der Waals surface area contributed by atoms with Crippen LogP contribution in [0.1, 0.15) is 19.0 Å². The minimum Gasteiger partial charge on any atom is -0.358 e. The Labute approximate surface area is 155 Å². The van der Waals surface area contributed by atoms with Crippen molar-refractivity contribution >= 4 is 43.6 Å². The molecule has 0 N–H and O–H groups in total. The number of rotatable bonds is 7. The molecule has 0 bridgehead atoms. The fourth-order valence-corrected chi connectivity index (χ4v) is 2.95. The maximum absolute atomic E-state index is 12.2. The molecule has 2 rings (SSSR count). The summed E-state index contributed by atoms with van der Waals surface area (Å²) in [5, 5.41) is 19.0. The molecule has 2 heterocycles. The van der Waals surface area contributed by atoms with E-state index < -0.39 is 4.92 Å². The lowest BCUT2D eigenvalue weighted by Gasteiger charge is -2.15. The van der Waals surface area contributed by atoms with Crippen LogP contribution in [-0.2, 0) is 24.4 Å². The van der Waals surface area contributed by atoms with E-state index >= 15 is 0 Å². The third-order valence-electron chi connectivity index (χ3n) is 3.35. The van der Waals surface area contributed by atoms with Crippen LogP contribution >= 0.6 is 31.9 Å². The average molecular weight is 464 g/mol. The van der Waals surface area contributed by atoms with E-state index in [0.717, 1.165) is 16.7 Å². The number of aromatic nitrogens is 4. The Hall–Kier alpha value is -1.75. The zero-order valence-corrected chi connectivity index (χ0v) is 16.3. The van der Waals surface area contributed by atoms with Gasteiger partial charge < -0.3 is 15.0 Å². The standard InChI is InChI=1S/C13H16Br2N6O3/c1-3-19-6-9(14)11(16-19)8-18(2)12(22)4-5-20-7-10(15)13(17-20)21(23)24/h6-7H,3-5,8H2,1-2H3. The van der Waals surface area contributed by atoms with Crippen molar-refractivity contribution in [2.24, 2.45) is 0 Å². The Morgan fingerprint density at radius 1 is 1.29 bits per heavy atom. The smallest absolute Gasteiger partial charge is 0.358 e. The van der Waals surface area contributed by atoms with Crippen LogP contribution in [0.25, 0.3) is 0 Å². The first-order valence-electron chi connectivity index (χ1n) is 7.15. The van der Waals surface area contributed by atoms with Gasteiger partial charge in [-0.1, -0.05) is 0 Å². The highest BCUT2D eigenvalue weighted by Crippen LogP contribution is 2.22. The summed E-state index contributed by atoms with van der Waals surface area (Å²) in [6.45, 7) is 3.39. The van der Waals surface area contributed by atoms with E-state index in [9.17, 15) is 14.9 Å². The summed E-state index contributed by atoms with van der Waals surface area (Å²) < 4.78 is 4.33. The molecule has 0 unspecified atom stereocenters. The summed E-state index contributed by atoms with van der Waals surface area (Å²) in [5.74, 6) is -0.355. The van der Waals surface area contributed by atoms with Crippen molar-refractivity contribution in [3.05, 3.63) is 37.1 Å². The highest BCUT2D eigenvalue weighted by molar-refractivity contribution is 9.10. The molecular weight excluding hydrogens is 448 g/mol. The van der Waals surface area contributed by atoms with Crippen LogP contribution in [0.4, 0.5) is 5.82 Å². The molecule has 0 spiro atoms. The average Bonchev–Trinajstić information content (AvgIpc) is 3.07. The van der Waals surface area contributed by atoms with Crippen LogP contribution < -0.4 is 0 Å². The minimum absolute atomic E-state index is 0.0952. The molecule has 0 atom stereocenters. The number of hydrogen-bond donors (Lipinski definition) is 0. The van der Waals surface area contributed by atoms with Crippen molar-refractivity contribution in [2.45, 2.75) is 33.0 Å². The van der Waals surface area contributed by atoms with E-state index in [1.807, 2.05) is 13.1 Å². The molecule has 0 aromatic carbocycles. The third kappa shape index (κ3) is 4.41. The quantitative estimate of drug-likeness (QED) is 0.464. The maximum atomic E-state index is 12.2. The molecule has 1 amide bonds. The lowest BCUT2D eigenvalue weighted by molar-refractivity contribution is -0.390. The predicted octanol–water partition coefficient (Wildman–Crippen LogP) is 2.58. The topological polar surface area (TPSA) is 99.1 Å². The number of nitrogens with zero attached hydrogens (tertiary/aromatic N) is 6. The van der Waals surface area contributed by atoms with Crippen molar-refractivity contribution in [3.8, 4) is 0 Å². The van der Waals surface area contributed by atoms with Gasteiger partial charge in [0.15, 0.2) is 0 Å². The molecule has 11 heteroatoms. The van der Waals surface area contributed by atoms with Gasteiger partial charge in [-0.2, -0.15) is 9.78 Å². The largest absolute Gasteiger partial charge is 0.404 e. The first-order chi connectivity index (χ1) is 11.3. The second-order valence-electron chi connectivity index (χ2n) is 5.10. The number of carbonyl (C=O) groups is 1. The van der Waals surface area contributed by atoms with Crippen molar-refractivity contribution in [1.29, 1.82) is 0 Å². The number of aryl methyl sites for hydroxylation is 2. The van der Waals surface area contributed by atoms with Crippen molar-refractivity contribution in [2.75, 3.05) is 7.05 Å². The summed E-state index contributed by atoms with van der Waals surface area (Å²) in [6, 6.07) is 0. The number of nitro groups is 1. The lowest BCUT2D eigenvalue weighted by Crippen LogP contribution is -2.27. The fourth-order valence-electron chi connectivity index (χ4n) is 2.05. The second kappa shape index (κ2) is 7.88. The van der Waals surface area contributed by atoms with Crippen molar-refractivity contribution in [3.63, 3.8) is 0 Å². The van der Waals surface area contributed by atoms with Crippen LogP contribution in [-0.4, -0.2) is 42.3 Å². The van der Waals surface area contributed by atoms with Gasteiger partial charge in [0, 0.05) is 26.2 Å². The van der Waals surface area contributed by atoms with Gasteiger partial charge in [0.1, 0.15) is 4.47 Å². The first-order valence-corrected chi connectivity index (χ1v) is 8.73. The van der Waals surface area contributed by atoms with Gasteiger partial charge in [0.05, 0.1) is 34.6 Å². The highest BCUT2D eigenvalue weighted by atomic mass is 79.9. The molecule has 0 radical (unpaired) electrons. The molecule has 2 aromatic rings. The molecule has 0 saturated heterocycles. The Bertz CT molecular complexity index is 757. The minimum atomic E-state index is -0.573. The molecule has 24 heavy (non-hydrogen) atoms. The van der Waals surface area contributed by atoms with Crippen LogP contribution in [0.5, 0.6) is 0 Å². The highest BCUT2D eigenvalue weighted by Gasteiger charge is 2.20. The van der Waals surface area contributed by atoms with E-state index in [1.54, 1.807) is 16.6 Å². The van der Waals surface area contributed by atoms with E-state index in [4.69, 9.17) is 0 Å². The van der Waals surface area contributed by atoms with Gasteiger partial charge in [0.25, 0.3) is 0 Å². The Morgan fingerprint density at radius 2 is 1.96 bits per heavy atom. The molecule has 0 aliphatic heterocycles. The van der Waals surface area contributed by atoms with Gasteiger partial charge in [-0.15, -0.1) is 0 Å². The van der Waals surface area contributed by atoms with Gasteiger partial charge in [-0.25, -0.2) is 0 Å². The summed E-state index contributed by atoms with van der Waals surface area (Å²) in [6.07, 6.45) is 3.55. The molecule has 0 aliphatic carbocycles. The number of amides is 1. The lowest BCUT2D eigenvalue weighted by atomic mass is 10.3. The van der Waals surface area contributed by atoms with Crippen molar-refractivity contribution in [1.82, 2.24) is 24.5 Å². The third-order valence-corrected chi connectivity index (χ3v) is 4.57. The summed E-state index contributed by atoms with van der Waals surface area (Å²) in [4.78, 5) is 24.0. The SMILES string of the molecule is CCn1cc(Br)c(CN(C)C(=O)CCn2cc(Br)c([N+](=O)[O-])n2)n1. The van der Waals surface area contributed by atoms with Gasteiger partial charge >= 0.3 is 5.82 Å². The van der Waals surface area contributed by atoms with E-state index in [0.29, 0.717) is 11.0 Å². The predicted molar refractivity (Wildman–Crippen MR) is 93.3 cm³/mol. The zero-order chi connectivity index (χ0) is 17.9. The summed E-state index contributed by atoms with van der Waals surface area (Å²) >= 11 is 6.51. The second-order valence-corrected chi connectivity index (χ2v) is 6.81. The molecule has 2 aromatic heterocycles. The fraction of sp³-hybridized carbons (Fsp3) is 0.462. The summed E-state index contributed by atoms with van der Waals surface area (Å²) in [7, 11) is 1.70. The van der Waals surface area contributed by atoms with Crippen LogP contribution in [0.3, 0.4) is 0 Å². The van der Waals surface area contributed by atoms with Gasteiger partial charge in [-0.05, 0) is 43.7 Å². The molecule has 130 valence electrons. The summed E-state index contributed by atoms with van der Waals surface area (Å²) in [5.41, 5.74) is 0.783. The molecule has 0 saturated carbocycles. The molecule has 9 nitrogen and oxygen atoms in total. The monoisotopic (exact) mass is 462 g/mol. The van der Waals surface area contributed by atoms with E-state index in [2.05, 4.69) is 42.1 Å². The van der Waals surface area contributed by atoms with Gasteiger partial charge in [-0.3, -0.25) is 9.48 Å². The molecule has 0 fully saturated rings. The van der Waals surface area contributed by atoms with Gasteiger partial charge in [0.2, 0.25) is 5.91 Å². The number of carbonyl (C=O) groups excluding carboxylic acids is 1. The van der Waals surface area contributed by atoms with Crippen LogP contribution in [0.15, 0.2) is 21.3 Å². The normalized spacial score (nSPS) is 10.8. The first kappa shape index (κ1) is 18.6. The Morgan fingerprint density at radius 3 is 2.50 bits per heavy atom. The van der Waals surface area contributed by atoms with E-state index in [-0.39, 0.29) is 24.7 Å². The zero-order valence-electron chi connectivity index (χ0n) is 13.1. The van der Waals surface area contributed by atoms with Crippen molar-refractivity contribution < 1.29 is 9.72 Å². The van der Waals surface area contributed by atoms with Crippen LogP contribution in [0, 0.1) is 10.1 Å². The number of halogens is 2. The number of hydrogen-bond acceptors (Lipinski definition) is 5. The molecular formula is C13H16Br2N6O3. The molecule has 0 aliphatic rings.